The van der Waals surface area contributed by atoms with E-state index in [1.807, 2.05) is 24.3 Å². The minimum atomic E-state index is -3.64. The third-order valence-corrected chi connectivity index (χ3v) is 5.88. The highest BCUT2D eigenvalue weighted by Crippen LogP contribution is 2.19. The molecule has 0 bridgehead atoms. The molecule has 2 heterocycles. The summed E-state index contributed by atoms with van der Waals surface area (Å²) in [5.74, 6) is 0.297. The van der Waals surface area contributed by atoms with E-state index in [4.69, 9.17) is 9.26 Å². The van der Waals surface area contributed by atoms with Crippen LogP contribution in [-0.2, 0) is 27.8 Å². The molecule has 3 rings (SSSR count). The van der Waals surface area contributed by atoms with E-state index in [1.54, 1.807) is 13.8 Å². The lowest BCUT2D eigenvalue weighted by molar-refractivity contribution is 0.0342. The fraction of sp³-hybridized carbons (Fsp3) is 0.471. The molecule has 1 N–H and O–H groups in total. The van der Waals surface area contributed by atoms with Crippen LogP contribution >= 0.6 is 0 Å². The van der Waals surface area contributed by atoms with Crippen LogP contribution in [0.4, 0.5) is 0 Å². The summed E-state index contributed by atoms with van der Waals surface area (Å²) in [6.45, 7) is 7.76. The number of benzene rings is 1. The Hall–Kier alpha value is -1.74. The van der Waals surface area contributed by atoms with Gasteiger partial charge in [0.15, 0.2) is 5.76 Å². The van der Waals surface area contributed by atoms with E-state index >= 15 is 0 Å². The molecule has 0 atom stereocenters. The Bertz CT molecular complexity index is 789. The van der Waals surface area contributed by atoms with Gasteiger partial charge in [0.25, 0.3) is 0 Å². The zero-order valence-electron chi connectivity index (χ0n) is 14.5. The normalized spacial score (nSPS) is 16.2. The van der Waals surface area contributed by atoms with E-state index in [0.717, 1.165) is 38.4 Å². The second kappa shape index (κ2) is 7.65. The molecule has 0 spiro atoms. The van der Waals surface area contributed by atoms with E-state index in [9.17, 15) is 8.42 Å². The molecule has 1 aromatic carbocycles. The van der Waals surface area contributed by atoms with Crippen molar-refractivity contribution in [1.82, 2.24) is 14.8 Å². The summed E-state index contributed by atoms with van der Waals surface area (Å²) >= 11 is 0. The van der Waals surface area contributed by atoms with Crippen molar-refractivity contribution >= 4 is 10.0 Å². The van der Waals surface area contributed by atoms with Gasteiger partial charge in [-0.05, 0) is 25.0 Å². The topological polar surface area (TPSA) is 84.7 Å². The predicted molar refractivity (Wildman–Crippen MR) is 92.5 cm³/mol. The number of hydrogen-bond acceptors (Lipinski definition) is 6. The van der Waals surface area contributed by atoms with Gasteiger partial charge in [0.1, 0.15) is 10.6 Å². The molecule has 1 aliphatic rings. The highest BCUT2D eigenvalue weighted by Gasteiger charge is 2.23. The number of nitrogens with zero attached hydrogens (tertiary/aromatic N) is 2. The Morgan fingerprint density at radius 2 is 1.76 bits per heavy atom. The van der Waals surface area contributed by atoms with Crippen LogP contribution < -0.4 is 4.72 Å². The molecule has 0 radical (unpaired) electrons. The van der Waals surface area contributed by atoms with Gasteiger partial charge in [0.2, 0.25) is 10.0 Å². The van der Waals surface area contributed by atoms with Crippen LogP contribution in [0.1, 0.15) is 22.6 Å². The quantitative estimate of drug-likeness (QED) is 0.837. The number of hydrogen-bond donors (Lipinski definition) is 1. The maximum atomic E-state index is 12.4. The molecular weight excluding hydrogens is 342 g/mol. The lowest BCUT2D eigenvalue weighted by Gasteiger charge is -2.26. The van der Waals surface area contributed by atoms with Crippen LogP contribution in [0.25, 0.3) is 0 Å². The Labute approximate surface area is 148 Å². The summed E-state index contributed by atoms with van der Waals surface area (Å²) in [6, 6.07) is 7.97. The zero-order chi connectivity index (χ0) is 17.9. The van der Waals surface area contributed by atoms with Crippen molar-refractivity contribution in [2.75, 3.05) is 26.3 Å². The van der Waals surface area contributed by atoms with Gasteiger partial charge < -0.3 is 9.26 Å². The molecule has 0 amide bonds. The standard InChI is InChI=1S/C17H23N3O4S/c1-13-17(14(2)24-19-13)25(21,22)18-11-15-3-5-16(6-4-15)12-20-7-9-23-10-8-20/h3-6,18H,7-12H2,1-2H3. The minimum Gasteiger partial charge on any atom is -0.379 e. The van der Waals surface area contributed by atoms with Gasteiger partial charge in [0.05, 0.1) is 13.2 Å². The highest BCUT2D eigenvalue weighted by molar-refractivity contribution is 7.89. The molecule has 25 heavy (non-hydrogen) atoms. The first-order valence-corrected chi connectivity index (χ1v) is 9.74. The molecule has 7 nitrogen and oxygen atoms in total. The Balaban J connectivity index is 1.60. The lowest BCUT2D eigenvalue weighted by Crippen LogP contribution is -2.35. The van der Waals surface area contributed by atoms with Crippen LogP contribution in [-0.4, -0.2) is 44.8 Å². The van der Waals surface area contributed by atoms with Gasteiger partial charge >= 0.3 is 0 Å². The van der Waals surface area contributed by atoms with Gasteiger partial charge in [-0.15, -0.1) is 0 Å². The smallest absolute Gasteiger partial charge is 0.246 e. The van der Waals surface area contributed by atoms with Gasteiger partial charge in [-0.2, -0.15) is 0 Å². The van der Waals surface area contributed by atoms with E-state index in [2.05, 4.69) is 14.8 Å². The number of sulfonamides is 1. The zero-order valence-corrected chi connectivity index (χ0v) is 15.3. The average molecular weight is 365 g/mol. The molecule has 0 saturated carbocycles. The Morgan fingerprint density at radius 1 is 1.12 bits per heavy atom. The summed E-state index contributed by atoms with van der Waals surface area (Å²) in [5.41, 5.74) is 2.48. The van der Waals surface area contributed by atoms with E-state index < -0.39 is 10.0 Å². The van der Waals surface area contributed by atoms with E-state index in [1.165, 1.54) is 5.56 Å². The first-order chi connectivity index (χ1) is 12.0. The minimum absolute atomic E-state index is 0.122. The average Bonchev–Trinajstić information content (AvgIpc) is 2.95. The first-order valence-electron chi connectivity index (χ1n) is 8.26. The molecule has 1 aromatic heterocycles. The number of rotatable bonds is 6. The predicted octanol–water partition coefficient (Wildman–Crippen LogP) is 1.60. The van der Waals surface area contributed by atoms with Crippen molar-refractivity contribution in [2.45, 2.75) is 31.8 Å². The summed E-state index contributed by atoms with van der Waals surface area (Å²) in [4.78, 5) is 2.47. The molecule has 2 aromatic rings. The number of ether oxygens (including phenoxy) is 1. The fourth-order valence-electron chi connectivity index (χ4n) is 2.89. The van der Waals surface area contributed by atoms with Crippen LogP contribution in [0.5, 0.6) is 0 Å². The van der Waals surface area contributed by atoms with Crippen molar-refractivity contribution in [1.29, 1.82) is 0 Å². The second-order valence-electron chi connectivity index (χ2n) is 6.18. The maximum Gasteiger partial charge on any atom is 0.246 e. The Morgan fingerprint density at radius 3 is 2.36 bits per heavy atom. The SMILES string of the molecule is Cc1noc(C)c1S(=O)(=O)NCc1ccc(CN2CCOCC2)cc1. The molecule has 1 aliphatic heterocycles. The number of aromatic nitrogens is 1. The van der Waals surface area contributed by atoms with Crippen molar-refractivity contribution < 1.29 is 17.7 Å². The summed E-state index contributed by atoms with van der Waals surface area (Å²) in [6.07, 6.45) is 0. The molecule has 1 fully saturated rings. The highest BCUT2D eigenvalue weighted by atomic mass is 32.2. The second-order valence-corrected chi connectivity index (χ2v) is 7.89. The van der Waals surface area contributed by atoms with Crippen LogP contribution in [0, 0.1) is 13.8 Å². The maximum absolute atomic E-state index is 12.4. The molecule has 136 valence electrons. The van der Waals surface area contributed by atoms with Crippen LogP contribution in [0.2, 0.25) is 0 Å². The molecule has 0 aliphatic carbocycles. The fourth-order valence-corrected chi connectivity index (χ4v) is 4.23. The van der Waals surface area contributed by atoms with Gasteiger partial charge in [-0.3, -0.25) is 4.90 Å². The van der Waals surface area contributed by atoms with Crippen molar-refractivity contribution in [3.8, 4) is 0 Å². The monoisotopic (exact) mass is 365 g/mol. The van der Waals surface area contributed by atoms with Crippen molar-refractivity contribution in [3.05, 3.63) is 46.8 Å². The number of nitrogens with one attached hydrogen (secondary N) is 1. The van der Waals surface area contributed by atoms with Gasteiger partial charge in [-0.25, -0.2) is 13.1 Å². The first kappa shape index (κ1) is 18.1. The van der Waals surface area contributed by atoms with E-state index in [0.29, 0.717) is 11.5 Å². The Kier molecular flexibility index (Phi) is 5.53. The van der Waals surface area contributed by atoms with Crippen molar-refractivity contribution in [3.63, 3.8) is 0 Å². The summed E-state index contributed by atoms with van der Waals surface area (Å²) in [7, 11) is -3.64. The van der Waals surface area contributed by atoms with E-state index in [-0.39, 0.29) is 11.4 Å². The molecule has 1 saturated heterocycles. The lowest BCUT2D eigenvalue weighted by atomic mass is 10.1. The largest absolute Gasteiger partial charge is 0.379 e. The molecule has 0 unspecified atom stereocenters. The van der Waals surface area contributed by atoms with Crippen LogP contribution in [0.15, 0.2) is 33.7 Å². The third kappa shape index (κ3) is 4.46. The third-order valence-electron chi connectivity index (χ3n) is 4.24. The number of aryl methyl sites for hydroxylation is 2. The molecule has 8 heteroatoms. The van der Waals surface area contributed by atoms with Gasteiger partial charge in [-0.1, -0.05) is 29.4 Å². The van der Waals surface area contributed by atoms with Crippen LogP contribution in [0.3, 0.4) is 0 Å². The summed E-state index contributed by atoms with van der Waals surface area (Å²) < 4.78 is 37.7. The van der Waals surface area contributed by atoms with Crippen molar-refractivity contribution in [2.24, 2.45) is 0 Å². The van der Waals surface area contributed by atoms with Gasteiger partial charge in [0, 0.05) is 26.2 Å². The summed E-state index contributed by atoms with van der Waals surface area (Å²) in [5, 5.41) is 3.70. The number of morpholine rings is 1. The molecular formula is C17H23N3O4S.